The molecule has 11 nitrogen and oxygen atoms in total. The van der Waals surface area contributed by atoms with Crippen LogP contribution >= 0.6 is 27.0 Å². The number of hydrogen-bond donors (Lipinski definition) is 2. The summed E-state index contributed by atoms with van der Waals surface area (Å²) >= 11 is 0. The van der Waals surface area contributed by atoms with Gasteiger partial charge in [0, 0.05) is 24.2 Å². The van der Waals surface area contributed by atoms with Gasteiger partial charge in [-0.05, 0) is 102 Å². The first-order valence-corrected chi connectivity index (χ1v) is 16.8. The van der Waals surface area contributed by atoms with Gasteiger partial charge < -0.3 is 19.4 Å². The molecular weight excluding hydrogens is 671 g/mol. The van der Waals surface area contributed by atoms with Crippen molar-refractivity contribution in [3.8, 4) is 22.5 Å². The van der Waals surface area contributed by atoms with Gasteiger partial charge in [-0.25, -0.2) is 24.5 Å². The number of carbonyl (C=O) groups is 2. The number of carbonyl (C=O) groups excluding carboxylic acids is 2. The van der Waals surface area contributed by atoms with Crippen LogP contribution in [0.2, 0.25) is 0 Å². The predicted molar refractivity (Wildman–Crippen MR) is 205 cm³/mol. The second-order valence-corrected chi connectivity index (χ2v) is 14.8. The fraction of sp³-hybridized carbons (Fsp3) is 0.432. The largest absolute Gasteiger partial charge is 0.444 e. The zero-order valence-electron chi connectivity index (χ0n) is 29.5. The molecule has 0 radical (unpaired) electrons. The molecule has 2 aromatic carbocycles. The van der Waals surface area contributed by atoms with Crippen molar-refractivity contribution in [2.75, 3.05) is 13.1 Å². The molecule has 0 unspecified atom stereocenters. The Kier molecular flexibility index (Phi) is 10.5. The molecule has 50 heavy (non-hydrogen) atoms. The summed E-state index contributed by atoms with van der Waals surface area (Å²) in [4.78, 5) is 50.5. The predicted octanol–water partition coefficient (Wildman–Crippen LogP) is 8.54. The molecule has 2 N–H and O–H groups in total. The lowest BCUT2D eigenvalue weighted by Gasteiger charge is -2.27. The number of hydrogen-bond acceptors (Lipinski definition) is 7. The first-order valence-electron chi connectivity index (χ1n) is 16.8. The Morgan fingerprint density at radius 1 is 0.720 bits per heavy atom. The maximum atomic E-state index is 12.9. The van der Waals surface area contributed by atoms with E-state index in [4.69, 9.17) is 19.4 Å². The molecule has 0 bridgehead atoms. The Morgan fingerprint density at radius 3 is 1.88 bits per heavy atom. The van der Waals surface area contributed by atoms with Crippen LogP contribution in [-0.4, -0.2) is 71.2 Å². The summed E-state index contributed by atoms with van der Waals surface area (Å²) in [5.74, 6) is 1.51. The van der Waals surface area contributed by atoms with Gasteiger partial charge in [0.05, 0.1) is 35.2 Å². The molecule has 13 heteroatoms. The number of pyridine rings is 1. The van der Waals surface area contributed by atoms with Gasteiger partial charge in [0.1, 0.15) is 22.9 Å². The second kappa shape index (κ2) is 14.2. The van der Waals surface area contributed by atoms with E-state index in [1.165, 1.54) is 0 Å². The Hall–Kier alpha value is -4.23. The van der Waals surface area contributed by atoms with Crippen LogP contribution in [0.3, 0.4) is 0 Å². The Labute approximate surface area is 306 Å². The molecule has 2 aliphatic rings. The van der Waals surface area contributed by atoms with Gasteiger partial charge in [-0.2, -0.15) is 27.0 Å². The quantitative estimate of drug-likeness (QED) is 0.191. The average molecular weight is 718 g/mol. The molecule has 7 rings (SSSR count). The number of benzene rings is 2. The molecule has 5 heterocycles. The minimum Gasteiger partial charge on any atom is -0.444 e. The van der Waals surface area contributed by atoms with Crippen molar-refractivity contribution in [3.63, 3.8) is 0 Å². The molecule has 266 valence electrons. The number of nitrogens with one attached hydrogen (secondary N) is 2. The van der Waals surface area contributed by atoms with Crippen molar-refractivity contribution < 1.29 is 19.1 Å². The van der Waals surface area contributed by atoms with Crippen LogP contribution in [-0.2, 0) is 9.47 Å². The van der Waals surface area contributed by atoms with Crippen molar-refractivity contribution in [2.45, 2.75) is 90.5 Å². The van der Waals surface area contributed by atoms with Gasteiger partial charge in [0.2, 0.25) is 0 Å². The minimum absolute atomic E-state index is 0. The molecular formula is C37H47N7O4S2. The van der Waals surface area contributed by atoms with Gasteiger partial charge >= 0.3 is 12.2 Å². The standard InChI is InChI=1S/C37H43N7O4.2H2S/c1-36(2,3)47-34(45)43-17-7-9-29(43)32-38-21-28(41-32)25-14-12-22-19-24(13-11-23(22)20-25)26-15-16-27-31(39-26)42-33(40-27)30-10-8-18-44(30)35(46)48-37(4,5)6;;/h11-16,19-21,29-30H,7-10,17-18H2,1-6H3,(H,38,41)(H,39,40,42);2*1H2/t29-,30-;;/m0../s1. The van der Waals surface area contributed by atoms with Gasteiger partial charge in [-0.3, -0.25) is 9.80 Å². The van der Waals surface area contributed by atoms with E-state index in [0.717, 1.165) is 76.1 Å². The van der Waals surface area contributed by atoms with E-state index in [1.807, 2.05) is 59.9 Å². The lowest BCUT2D eigenvalue weighted by molar-refractivity contribution is 0.0208. The van der Waals surface area contributed by atoms with E-state index in [1.54, 1.807) is 9.80 Å². The van der Waals surface area contributed by atoms with Crippen molar-refractivity contribution in [1.29, 1.82) is 0 Å². The zero-order chi connectivity index (χ0) is 33.8. The monoisotopic (exact) mass is 717 g/mol. The van der Waals surface area contributed by atoms with Crippen molar-refractivity contribution >= 4 is 61.1 Å². The highest BCUT2D eigenvalue weighted by atomic mass is 32.1. The van der Waals surface area contributed by atoms with Gasteiger partial charge in [-0.15, -0.1) is 0 Å². The van der Waals surface area contributed by atoms with Gasteiger partial charge in [0.25, 0.3) is 0 Å². The maximum absolute atomic E-state index is 12.9. The SMILES string of the molecule is CC(C)(C)OC(=O)N1CCC[C@H]1c1ncc(-c2ccc3cc(-c4ccc5[nH]c([C@@H]6CCCN6C(=O)OC(C)(C)C)nc5n4)ccc3c2)[nH]1.S.S. The highest BCUT2D eigenvalue weighted by Crippen LogP contribution is 2.35. The minimum atomic E-state index is -0.555. The van der Waals surface area contributed by atoms with E-state index in [0.29, 0.717) is 18.7 Å². The summed E-state index contributed by atoms with van der Waals surface area (Å²) in [6.45, 7) is 12.6. The number of aromatic amines is 2. The summed E-state index contributed by atoms with van der Waals surface area (Å²) in [5, 5.41) is 2.18. The van der Waals surface area contributed by atoms with Crippen LogP contribution in [0.4, 0.5) is 9.59 Å². The lowest BCUT2D eigenvalue weighted by atomic mass is 10.0. The van der Waals surface area contributed by atoms with Crippen LogP contribution in [0.15, 0.2) is 54.7 Å². The molecule has 2 saturated heterocycles. The fourth-order valence-corrected chi connectivity index (χ4v) is 6.64. The number of amides is 2. The number of H-pyrrole nitrogens is 2. The Morgan fingerprint density at radius 2 is 1.28 bits per heavy atom. The average Bonchev–Trinajstić information content (AvgIpc) is 3.84. The van der Waals surface area contributed by atoms with Crippen LogP contribution in [0.5, 0.6) is 0 Å². The third-order valence-electron chi connectivity index (χ3n) is 8.80. The van der Waals surface area contributed by atoms with Crippen LogP contribution in [0.25, 0.3) is 44.5 Å². The Bertz CT molecular complexity index is 2010. The highest BCUT2D eigenvalue weighted by molar-refractivity contribution is 7.59. The lowest BCUT2D eigenvalue weighted by Crippen LogP contribution is -2.36. The molecule has 2 amide bonds. The molecule has 0 aliphatic carbocycles. The second-order valence-electron chi connectivity index (χ2n) is 14.8. The summed E-state index contributed by atoms with van der Waals surface area (Å²) < 4.78 is 11.3. The van der Waals surface area contributed by atoms with E-state index in [-0.39, 0.29) is 51.3 Å². The van der Waals surface area contributed by atoms with E-state index >= 15 is 0 Å². The molecule has 3 aromatic heterocycles. The summed E-state index contributed by atoms with van der Waals surface area (Å²) in [6.07, 6.45) is 4.70. The molecule has 2 atom stereocenters. The topological polar surface area (TPSA) is 129 Å². The molecule has 2 aliphatic heterocycles. The van der Waals surface area contributed by atoms with Crippen LogP contribution in [0.1, 0.15) is 91.0 Å². The van der Waals surface area contributed by atoms with Crippen molar-refractivity contribution in [1.82, 2.24) is 34.7 Å². The van der Waals surface area contributed by atoms with E-state index in [9.17, 15) is 9.59 Å². The van der Waals surface area contributed by atoms with Crippen LogP contribution in [0, 0.1) is 0 Å². The molecule has 0 saturated carbocycles. The van der Waals surface area contributed by atoms with Crippen LogP contribution < -0.4 is 0 Å². The number of nitrogens with zero attached hydrogens (tertiary/aromatic N) is 5. The van der Waals surface area contributed by atoms with E-state index in [2.05, 4.69) is 51.4 Å². The van der Waals surface area contributed by atoms with Crippen molar-refractivity contribution in [3.05, 3.63) is 66.4 Å². The molecule has 2 fully saturated rings. The summed E-state index contributed by atoms with van der Waals surface area (Å²) in [7, 11) is 0. The maximum Gasteiger partial charge on any atom is 0.410 e. The molecule has 5 aromatic rings. The summed E-state index contributed by atoms with van der Waals surface area (Å²) in [6, 6.07) is 16.3. The summed E-state index contributed by atoms with van der Waals surface area (Å²) in [5.41, 5.74) is 4.10. The number of likely N-dealkylation sites (tertiary alicyclic amines) is 2. The highest BCUT2D eigenvalue weighted by Gasteiger charge is 2.36. The number of rotatable bonds is 4. The molecule has 0 spiro atoms. The Balaban J connectivity index is 0.00000243. The first-order chi connectivity index (χ1) is 22.8. The number of fused-ring (bicyclic) bond motifs is 2. The number of imidazole rings is 2. The first kappa shape index (κ1) is 37.0. The zero-order valence-corrected chi connectivity index (χ0v) is 31.5. The van der Waals surface area contributed by atoms with E-state index < -0.39 is 11.2 Å². The normalized spacial score (nSPS) is 17.9. The fourth-order valence-electron chi connectivity index (χ4n) is 6.64. The number of aromatic nitrogens is 5. The third kappa shape index (κ3) is 7.73. The van der Waals surface area contributed by atoms with Crippen molar-refractivity contribution in [2.24, 2.45) is 0 Å². The van der Waals surface area contributed by atoms with Gasteiger partial charge in [0.15, 0.2) is 5.65 Å². The third-order valence-corrected chi connectivity index (χ3v) is 8.80. The van der Waals surface area contributed by atoms with Gasteiger partial charge in [-0.1, -0.05) is 24.3 Å². The smallest absolute Gasteiger partial charge is 0.410 e. The number of ether oxygens (including phenoxy) is 2.